The molecule has 2 atom stereocenters. The third-order valence-corrected chi connectivity index (χ3v) is 2.09. The van der Waals surface area contributed by atoms with Gasteiger partial charge < -0.3 is 5.32 Å². The first-order chi connectivity index (χ1) is 4.24. The average molecular weight is 145 g/mol. The Labute approximate surface area is 60.4 Å². The van der Waals surface area contributed by atoms with Crippen molar-refractivity contribution in [1.29, 1.82) is 0 Å². The van der Waals surface area contributed by atoms with Gasteiger partial charge in [0.25, 0.3) is 0 Å². The van der Waals surface area contributed by atoms with Gasteiger partial charge in [-0.25, -0.2) is 0 Å². The summed E-state index contributed by atoms with van der Waals surface area (Å²) in [5.41, 5.74) is 0. The number of amides is 1. The maximum atomic E-state index is 10.8. The lowest BCUT2D eigenvalue weighted by Gasteiger charge is -2.02. The molecule has 2 unspecified atom stereocenters. The summed E-state index contributed by atoms with van der Waals surface area (Å²) in [6.07, 6.45) is 1.90. The molecule has 0 spiro atoms. The SMILES string of the molecule is CCC1CC(S)C(=O)N1. The van der Waals surface area contributed by atoms with Crippen LogP contribution in [0.3, 0.4) is 0 Å². The van der Waals surface area contributed by atoms with Gasteiger partial charge in [-0.3, -0.25) is 4.79 Å². The van der Waals surface area contributed by atoms with E-state index < -0.39 is 0 Å². The van der Waals surface area contributed by atoms with Crippen molar-refractivity contribution in [1.82, 2.24) is 5.32 Å². The summed E-state index contributed by atoms with van der Waals surface area (Å²) in [4.78, 5) is 10.8. The van der Waals surface area contributed by atoms with E-state index in [1.54, 1.807) is 0 Å². The van der Waals surface area contributed by atoms with E-state index >= 15 is 0 Å². The van der Waals surface area contributed by atoms with E-state index in [-0.39, 0.29) is 11.2 Å². The lowest BCUT2D eigenvalue weighted by atomic mass is 10.2. The van der Waals surface area contributed by atoms with Crippen molar-refractivity contribution in [3.05, 3.63) is 0 Å². The molecule has 1 aliphatic rings. The zero-order chi connectivity index (χ0) is 6.85. The molecule has 1 saturated heterocycles. The summed E-state index contributed by atoms with van der Waals surface area (Å²) >= 11 is 4.09. The van der Waals surface area contributed by atoms with Gasteiger partial charge in [0, 0.05) is 6.04 Å². The van der Waals surface area contributed by atoms with Crippen LogP contribution in [0.15, 0.2) is 0 Å². The minimum Gasteiger partial charge on any atom is -0.352 e. The van der Waals surface area contributed by atoms with Crippen molar-refractivity contribution < 1.29 is 4.79 Å². The third kappa shape index (κ3) is 1.39. The van der Waals surface area contributed by atoms with E-state index in [4.69, 9.17) is 0 Å². The Morgan fingerprint density at radius 1 is 1.89 bits per heavy atom. The second-order valence-corrected chi connectivity index (χ2v) is 2.99. The first kappa shape index (κ1) is 6.93. The van der Waals surface area contributed by atoms with Crippen molar-refractivity contribution in [2.45, 2.75) is 31.1 Å². The van der Waals surface area contributed by atoms with Crippen molar-refractivity contribution >= 4 is 18.5 Å². The van der Waals surface area contributed by atoms with Crippen LogP contribution < -0.4 is 5.32 Å². The van der Waals surface area contributed by atoms with Crippen molar-refractivity contribution in [2.24, 2.45) is 0 Å². The highest BCUT2D eigenvalue weighted by atomic mass is 32.1. The maximum absolute atomic E-state index is 10.8. The molecule has 0 bridgehead atoms. The van der Waals surface area contributed by atoms with Crippen molar-refractivity contribution in [2.75, 3.05) is 0 Å². The van der Waals surface area contributed by atoms with Crippen LogP contribution in [0.5, 0.6) is 0 Å². The number of carbonyl (C=O) groups excluding carboxylic acids is 1. The second kappa shape index (κ2) is 2.60. The first-order valence-corrected chi connectivity index (χ1v) is 3.74. The second-order valence-electron chi connectivity index (χ2n) is 2.37. The molecule has 1 aliphatic heterocycles. The van der Waals surface area contributed by atoms with Gasteiger partial charge in [0.1, 0.15) is 0 Å². The Morgan fingerprint density at radius 2 is 2.56 bits per heavy atom. The largest absolute Gasteiger partial charge is 0.352 e. The Kier molecular flexibility index (Phi) is 2.01. The molecule has 0 aromatic carbocycles. The molecule has 1 amide bonds. The van der Waals surface area contributed by atoms with E-state index in [2.05, 4.69) is 24.9 Å². The van der Waals surface area contributed by atoms with E-state index in [1.165, 1.54) is 0 Å². The quantitative estimate of drug-likeness (QED) is 0.519. The number of rotatable bonds is 1. The van der Waals surface area contributed by atoms with E-state index in [1.807, 2.05) is 0 Å². The third-order valence-electron chi connectivity index (χ3n) is 1.65. The topological polar surface area (TPSA) is 29.1 Å². The van der Waals surface area contributed by atoms with Gasteiger partial charge >= 0.3 is 0 Å². The Morgan fingerprint density at radius 3 is 2.78 bits per heavy atom. The molecule has 0 saturated carbocycles. The first-order valence-electron chi connectivity index (χ1n) is 3.22. The van der Waals surface area contributed by atoms with Gasteiger partial charge in [-0.2, -0.15) is 12.6 Å². The molecule has 2 nitrogen and oxygen atoms in total. The molecule has 0 aliphatic carbocycles. The molecule has 52 valence electrons. The normalized spacial score (nSPS) is 34.7. The molecule has 1 heterocycles. The lowest BCUT2D eigenvalue weighted by Crippen LogP contribution is -2.25. The molecule has 0 aromatic rings. The Hall–Kier alpha value is -0.180. The standard InChI is InChI=1S/C6H11NOS/c1-2-4-3-5(9)6(8)7-4/h4-5,9H,2-3H2,1H3,(H,7,8). The number of thiol groups is 1. The zero-order valence-electron chi connectivity index (χ0n) is 5.42. The van der Waals surface area contributed by atoms with Crippen LogP contribution in [0.25, 0.3) is 0 Å². The van der Waals surface area contributed by atoms with Crippen LogP contribution in [-0.2, 0) is 4.79 Å². The molecule has 1 fully saturated rings. The van der Waals surface area contributed by atoms with Gasteiger partial charge in [-0.15, -0.1) is 0 Å². The molecule has 1 rings (SSSR count). The highest BCUT2D eigenvalue weighted by Crippen LogP contribution is 2.14. The van der Waals surface area contributed by atoms with E-state index in [9.17, 15) is 4.79 Å². The van der Waals surface area contributed by atoms with Crippen LogP contribution in [0, 0.1) is 0 Å². The molecule has 0 radical (unpaired) electrons. The fourth-order valence-corrected chi connectivity index (χ4v) is 1.33. The highest BCUT2D eigenvalue weighted by molar-refractivity contribution is 7.81. The summed E-state index contributed by atoms with van der Waals surface area (Å²) in [5.74, 6) is 0.0881. The monoisotopic (exact) mass is 145 g/mol. The average Bonchev–Trinajstić information content (AvgIpc) is 2.13. The van der Waals surface area contributed by atoms with Gasteiger partial charge in [0.2, 0.25) is 5.91 Å². The van der Waals surface area contributed by atoms with Crippen molar-refractivity contribution in [3.8, 4) is 0 Å². The Balaban J connectivity index is 2.44. The molecule has 9 heavy (non-hydrogen) atoms. The number of nitrogens with one attached hydrogen (secondary N) is 1. The molecule has 3 heteroatoms. The van der Waals surface area contributed by atoms with Crippen LogP contribution >= 0.6 is 12.6 Å². The highest BCUT2D eigenvalue weighted by Gasteiger charge is 2.27. The summed E-state index contributed by atoms with van der Waals surface area (Å²) in [7, 11) is 0. The predicted octanol–water partition coefficient (Wildman–Crippen LogP) is 0.583. The van der Waals surface area contributed by atoms with Crippen LogP contribution in [0.1, 0.15) is 19.8 Å². The minimum absolute atomic E-state index is 0.0602. The van der Waals surface area contributed by atoms with Crippen LogP contribution in [0.2, 0.25) is 0 Å². The van der Waals surface area contributed by atoms with Crippen molar-refractivity contribution in [3.63, 3.8) is 0 Å². The fourth-order valence-electron chi connectivity index (χ4n) is 1.00. The molecule has 1 N–H and O–H groups in total. The fraction of sp³-hybridized carbons (Fsp3) is 0.833. The van der Waals surface area contributed by atoms with Gasteiger partial charge in [0.05, 0.1) is 5.25 Å². The van der Waals surface area contributed by atoms with Gasteiger partial charge in [0.15, 0.2) is 0 Å². The van der Waals surface area contributed by atoms with E-state index in [0.29, 0.717) is 6.04 Å². The van der Waals surface area contributed by atoms with Crippen LogP contribution in [0.4, 0.5) is 0 Å². The van der Waals surface area contributed by atoms with Gasteiger partial charge in [-0.1, -0.05) is 6.92 Å². The smallest absolute Gasteiger partial charge is 0.233 e. The minimum atomic E-state index is -0.0602. The molecule has 0 aromatic heterocycles. The summed E-state index contributed by atoms with van der Waals surface area (Å²) in [6, 6.07) is 0.375. The van der Waals surface area contributed by atoms with E-state index in [0.717, 1.165) is 12.8 Å². The molecular weight excluding hydrogens is 134 g/mol. The maximum Gasteiger partial charge on any atom is 0.233 e. The zero-order valence-corrected chi connectivity index (χ0v) is 6.32. The number of hydrogen-bond donors (Lipinski definition) is 2. The predicted molar refractivity (Wildman–Crippen MR) is 39.6 cm³/mol. The summed E-state index contributed by atoms with van der Waals surface area (Å²) in [6.45, 7) is 2.07. The Bertz CT molecular complexity index is 126. The van der Waals surface area contributed by atoms with Crippen LogP contribution in [-0.4, -0.2) is 17.2 Å². The number of carbonyl (C=O) groups is 1. The summed E-state index contributed by atoms with van der Waals surface area (Å²) in [5, 5.41) is 2.78. The lowest BCUT2D eigenvalue weighted by molar-refractivity contribution is -0.118. The van der Waals surface area contributed by atoms with Gasteiger partial charge in [-0.05, 0) is 12.8 Å². The molecular formula is C6H11NOS. The summed E-state index contributed by atoms with van der Waals surface area (Å²) < 4.78 is 0. The number of hydrogen-bond acceptors (Lipinski definition) is 2.